The van der Waals surface area contributed by atoms with Gasteiger partial charge in [0.2, 0.25) is 0 Å². The first-order valence-electron chi connectivity index (χ1n) is 6.58. The van der Waals surface area contributed by atoms with Crippen molar-refractivity contribution in [3.63, 3.8) is 0 Å². The molecule has 1 amide bonds. The summed E-state index contributed by atoms with van der Waals surface area (Å²) in [5, 5.41) is 2.45. The van der Waals surface area contributed by atoms with Gasteiger partial charge < -0.3 is 5.32 Å². The molecule has 6 heteroatoms. The molecule has 0 saturated heterocycles. The van der Waals surface area contributed by atoms with Crippen molar-refractivity contribution in [2.75, 3.05) is 5.32 Å². The summed E-state index contributed by atoms with van der Waals surface area (Å²) < 4.78 is 38.1. The van der Waals surface area contributed by atoms with E-state index in [1.54, 1.807) is 24.3 Å². The molecule has 2 aromatic carbocycles. The largest absolute Gasteiger partial charge is 0.416 e. The van der Waals surface area contributed by atoms with Gasteiger partial charge in [0.05, 0.1) is 16.3 Å². The quantitative estimate of drug-likeness (QED) is 0.827. The first kappa shape index (κ1) is 16.4. The third-order valence-corrected chi connectivity index (χ3v) is 3.50. The maximum atomic E-state index is 12.7. The lowest BCUT2D eigenvalue weighted by atomic mass is 10.1. The number of nitrogens with one attached hydrogen (secondary N) is 1. The van der Waals surface area contributed by atoms with E-state index in [9.17, 15) is 18.0 Å². The van der Waals surface area contributed by atoms with Crippen LogP contribution in [0.25, 0.3) is 0 Å². The molecule has 0 saturated carbocycles. The highest BCUT2D eigenvalue weighted by Gasteiger charge is 2.31. The molecular weight excluding hydrogens is 315 g/mol. The highest BCUT2D eigenvalue weighted by molar-refractivity contribution is 6.34. The number of halogens is 4. The number of amides is 1. The number of hydrogen-bond acceptors (Lipinski definition) is 1. The summed E-state index contributed by atoms with van der Waals surface area (Å²) in [5.74, 6) is -0.510. The Labute approximate surface area is 130 Å². The van der Waals surface area contributed by atoms with Gasteiger partial charge in [0, 0.05) is 5.56 Å². The number of carbonyl (C=O) groups excluding carboxylic acids is 1. The van der Waals surface area contributed by atoms with Crippen molar-refractivity contribution in [3.05, 3.63) is 64.2 Å². The smallest absolute Gasteiger partial charge is 0.321 e. The van der Waals surface area contributed by atoms with E-state index in [1.807, 2.05) is 6.92 Å². The summed E-state index contributed by atoms with van der Waals surface area (Å²) in [4.78, 5) is 12.1. The minimum atomic E-state index is -4.49. The van der Waals surface area contributed by atoms with Gasteiger partial charge in [-0.15, -0.1) is 0 Å². The van der Waals surface area contributed by atoms with E-state index in [1.165, 1.54) is 0 Å². The molecule has 0 aliphatic carbocycles. The predicted octanol–water partition coefficient (Wildman–Crippen LogP) is 5.17. The van der Waals surface area contributed by atoms with Crippen LogP contribution in [0.2, 0.25) is 5.02 Å². The lowest BCUT2D eigenvalue weighted by Gasteiger charge is -2.12. The topological polar surface area (TPSA) is 29.1 Å². The van der Waals surface area contributed by atoms with Crippen molar-refractivity contribution < 1.29 is 18.0 Å². The Morgan fingerprint density at radius 3 is 2.32 bits per heavy atom. The van der Waals surface area contributed by atoms with E-state index in [-0.39, 0.29) is 10.7 Å². The standard InChI is InChI=1S/C16H13ClF3NO/c1-2-10-3-5-11(6-4-10)15(22)21-14-9-12(16(18,19)20)7-8-13(14)17/h3-9H,2H2,1H3,(H,21,22). The van der Waals surface area contributed by atoms with Gasteiger partial charge in [-0.25, -0.2) is 0 Å². The van der Waals surface area contributed by atoms with Crippen LogP contribution in [0.3, 0.4) is 0 Å². The zero-order valence-electron chi connectivity index (χ0n) is 11.7. The van der Waals surface area contributed by atoms with Gasteiger partial charge in [0.15, 0.2) is 0 Å². The highest BCUT2D eigenvalue weighted by atomic mass is 35.5. The van der Waals surface area contributed by atoms with E-state index in [2.05, 4.69) is 5.32 Å². The summed E-state index contributed by atoms with van der Waals surface area (Å²) in [5.41, 5.74) is 0.480. The van der Waals surface area contributed by atoms with Gasteiger partial charge in [-0.2, -0.15) is 13.2 Å². The lowest BCUT2D eigenvalue weighted by molar-refractivity contribution is -0.137. The van der Waals surface area contributed by atoms with E-state index >= 15 is 0 Å². The van der Waals surface area contributed by atoms with E-state index in [4.69, 9.17) is 11.6 Å². The van der Waals surface area contributed by atoms with Gasteiger partial charge in [0.1, 0.15) is 0 Å². The molecule has 0 aliphatic rings. The fraction of sp³-hybridized carbons (Fsp3) is 0.188. The third kappa shape index (κ3) is 3.80. The maximum Gasteiger partial charge on any atom is 0.416 e. The van der Waals surface area contributed by atoms with Gasteiger partial charge in [-0.1, -0.05) is 30.7 Å². The number of aryl methyl sites for hydroxylation is 1. The molecule has 2 rings (SSSR count). The number of anilines is 1. The van der Waals surface area contributed by atoms with Crippen LogP contribution in [-0.2, 0) is 12.6 Å². The van der Waals surface area contributed by atoms with Crippen LogP contribution in [0.1, 0.15) is 28.4 Å². The number of alkyl halides is 3. The molecule has 22 heavy (non-hydrogen) atoms. The number of hydrogen-bond donors (Lipinski definition) is 1. The van der Waals surface area contributed by atoms with E-state index in [0.29, 0.717) is 5.56 Å². The molecule has 116 valence electrons. The minimum Gasteiger partial charge on any atom is -0.321 e. The Kier molecular flexibility index (Phi) is 4.76. The Bertz CT molecular complexity index is 681. The molecule has 0 bridgehead atoms. The van der Waals surface area contributed by atoms with Crippen molar-refractivity contribution in [1.29, 1.82) is 0 Å². The van der Waals surface area contributed by atoms with Gasteiger partial charge in [0.25, 0.3) is 5.91 Å². The molecule has 0 heterocycles. The normalized spacial score (nSPS) is 11.3. The summed E-state index contributed by atoms with van der Waals surface area (Å²) >= 11 is 5.84. The van der Waals surface area contributed by atoms with Crippen LogP contribution in [-0.4, -0.2) is 5.91 Å². The fourth-order valence-electron chi connectivity index (χ4n) is 1.88. The summed E-state index contributed by atoms with van der Waals surface area (Å²) in [7, 11) is 0. The first-order valence-corrected chi connectivity index (χ1v) is 6.96. The second-order valence-corrected chi connectivity index (χ2v) is 5.10. The summed E-state index contributed by atoms with van der Waals surface area (Å²) in [6, 6.07) is 9.63. The van der Waals surface area contributed by atoms with E-state index in [0.717, 1.165) is 30.2 Å². The monoisotopic (exact) mass is 327 g/mol. The molecule has 0 fully saturated rings. The molecule has 0 aromatic heterocycles. The van der Waals surface area contributed by atoms with Crippen molar-refractivity contribution in [2.24, 2.45) is 0 Å². The molecular formula is C16H13ClF3NO. The van der Waals surface area contributed by atoms with Crippen molar-refractivity contribution in [2.45, 2.75) is 19.5 Å². The molecule has 0 aliphatic heterocycles. The number of benzene rings is 2. The molecule has 0 unspecified atom stereocenters. The van der Waals surface area contributed by atoms with Crippen LogP contribution in [0, 0.1) is 0 Å². The summed E-state index contributed by atoms with van der Waals surface area (Å²) in [6.07, 6.45) is -3.66. The molecule has 1 N–H and O–H groups in total. The fourth-order valence-corrected chi connectivity index (χ4v) is 2.05. The second-order valence-electron chi connectivity index (χ2n) is 4.70. The highest BCUT2D eigenvalue weighted by Crippen LogP contribution is 2.33. The van der Waals surface area contributed by atoms with Crippen LogP contribution in [0.4, 0.5) is 18.9 Å². The maximum absolute atomic E-state index is 12.7. The third-order valence-electron chi connectivity index (χ3n) is 3.17. The van der Waals surface area contributed by atoms with Crippen LogP contribution in [0.5, 0.6) is 0 Å². The molecule has 0 radical (unpaired) electrons. The van der Waals surface area contributed by atoms with Crippen LogP contribution in [0.15, 0.2) is 42.5 Å². The van der Waals surface area contributed by atoms with Gasteiger partial charge in [-0.05, 0) is 42.3 Å². The Morgan fingerprint density at radius 1 is 1.14 bits per heavy atom. The summed E-state index contributed by atoms with van der Waals surface area (Å²) in [6.45, 7) is 1.98. The van der Waals surface area contributed by atoms with E-state index < -0.39 is 17.6 Å². The zero-order valence-corrected chi connectivity index (χ0v) is 12.4. The first-order chi connectivity index (χ1) is 10.3. The minimum absolute atomic E-state index is 0.0477. The average molecular weight is 328 g/mol. The predicted molar refractivity (Wildman–Crippen MR) is 80.2 cm³/mol. The Balaban J connectivity index is 2.23. The Morgan fingerprint density at radius 2 is 1.77 bits per heavy atom. The van der Waals surface area contributed by atoms with Gasteiger partial charge in [-0.3, -0.25) is 4.79 Å². The van der Waals surface area contributed by atoms with Gasteiger partial charge >= 0.3 is 6.18 Å². The SMILES string of the molecule is CCc1ccc(C(=O)Nc2cc(C(F)(F)F)ccc2Cl)cc1. The molecule has 0 atom stereocenters. The van der Waals surface area contributed by atoms with Crippen molar-refractivity contribution >= 4 is 23.2 Å². The van der Waals surface area contributed by atoms with Crippen LogP contribution < -0.4 is 5.32 Å². The molecule has 0 spiro atoms. The Hall–Kier alpha value is -2.01. The average Bonchev–Trinajstić information content (AvgIpc) is 2.48. The van der Waals surface area contributed by atoms with Crippen molar-refractivity contribution in [3.8, 4) is 0 Å². The lowest BCUT2D eigenvalue weighted by Crippen LogP contribution is -2.13. The number of carbonyl (C=O) groups is 1. The second kappa shape index (κ2) is 6.40. The van der Waals surface area contributed by atoms with Crippen LogP contribution >= 0.6 is 11.6 Å². The van der Waals surface area contributed by atoms with Crippen molar-refractivity contribution in [1.82, 2.24) is 0 Å². The zero-order chi connectivity index (χ0) is 16.3. The number of rotatable bonds is 3. The molecule has 2 nitrogen and oxygen atoms in total. The molecule has 2 aromatic rings.